The second-order valence-corrected chi connectivity index (χ2v) is 9.74. The van der Waals surface area contributed by atoms with E-state index in [9.17, 15) is 17.9 Å². The van der Waals surface area contributed by atoms with Crippen LogP contribution in [0.5, 0.6) is 5.75 Å². The number of rotatable bonds is 4. The van der Waals surface area contributed by atoms with Crippen molar-refractivity contribution in [3.05, 3.63) is 96.6 Å². The molecule has 1 unspecified atom stereocenters. The Balaban J connectivity index is 1.77. The maximum absolute atomic E-state index is 14.3. The first-order valence-electron chi connectivity index (χ1n) is 10.6. The molecule has 1 aliphatic heterocycles. The van der Waals surface area contributed by atoms with Gasteiger partial charge in [0.2, 0.25) is 0 Å². The molecule has 4 aromatic rings. The number of aromatic nitrogens is 1. The quantitative estimate of drug-likeness (QED) is 0.410. The molecule has 33 heavy (non-hydrogen) atoms. The van der Waals surface area contributed by atoms with E-state index in [1.54, 1.807) is 24.5 Å². The third-order valence-electron chi connectivity index (χ3n) is 5.95. The van der Waals surface area contributed by atoms with Gasteiger partial charge in [-0.05, 0) is 77.7 Å². The molecule has 0 radical (unpaired) electrons. The summed E-state index contributed by atoms with van der Waals surface area (Å²) in [5.74, 6) is -0.436. The number of pyridine rings is 1. The summed E-state index contributed by atoms with van der Waals surface area (Å²) in [5, 5.41) is 9.63. The maximum Gasteiger partial charge on any atom is 0.264 e. The number of hydrogen-bond donors (Lipinski definition) is 1. The molecule has 1 aromatic heterocycles. The molecule has 0 aliphatic carbocycles. The van der Waals surface area contributed by atoms with Crippen LogP contribution in [0.4, 0.5) is 10.1 Å². The smallest absolute Gasteiger partial charge is 0.264 e. The van der Waals surface area contributed by atoms with Gasteiger partial charge in [0.25, 0.3) is 10.0 Å². The third kappa shape index (κ3) is 3.54. The van der Waals surface area contributed by atoms with E-state index in [0.717, 1.165) is 16.7 Å². The fraction of sp³-hybridized carbons (Fsp3) is 0.115. The Morgan fingerprint density at radius 1 is 0.970 bits per heavy atom. The largest absolute Gasteiger partial charge is 0.508 e. The predicted octanol–water partition coefficient (Wildman–Crippen LogP) is 5.92. The highest BCUT2D eigenvalue weighted by Gasteiger charge is 2.38. The SMILES string of the molecule is CCC1c2cc(F)ccc2-c2cc(-c3cccnc3)ccc2N1S(=O)(=O)c1ccc(O)cc1. The number of aromatic hydroxyl groups is 1. The lowest BCUT2D eigenvalue weighted by atomic mass is 9.87. The first-order valence-corrected chi connectivity index (χ1v) is 12.0. The fourth-order valence-corrected chi connectivity index (χ4v) is 6.14. The van der Waals surface area contributed by atoms with E-state index >= 15 is 0 Å². The van der Waals surface area contributed by atoms with Crippen LogP contribution in [0.25, 0.3) is 22.3 Å². The van der Waals surface area contributed by atoms with Gasteiger partial charge < -0.3 is 5.11 Å². The molecule has 5 nitrogen and oxygen atoms in total. The summed E-state index contributed by atoms with van der Waals surface area (Å²) in [5.41, 5.74) is 4.44. The first kappa shape index (κ1) is 21.2. The normalized spacial score (nSPS) is 15.1. The maximum atomic E-state index is 14.3. The van der Waals surface area contributed by atoms with Crippen LogP contribution in [-0.4, -0.2) is 18.5 Å². The summed E-state index contributed by atoms with van der Waals surface area (Å²) in [6, 6.07) is 18.8. The van der Waals surface area contributed by atoms with Crippen molar-refractivity contribution in [1.29, 1.82) is 0 Å². The number of anilines is 1. The van der Waals surface area contributed by atoms with E-state index in [4.69, 9.17) is 0 Å². The van der Waals surface area contributed by atoms with Crippen LogP contribution in [0.3, 0.4) is 0 Å². The molecule has 0 amide bonds. The van der Waals surface area contributed by atoms with Gasteiger partial charge in [0, 0.05) is 23.5 Å². The molecule has 0 saturated carbocycles. The van der Waals surface area contributed by atoms with Crippen LogP contribution < -0.4 is 4.31 Å². The monoisotopic (exact) mass is 460 g/mol. The highest BCUT2D eigenvalue weighted by atomic mass is 32.2. The minimum atomic E-state index is -4.00. The van der Waals surface area contributed by atoms with Gasteiger partial charge in [0.15, 0.2) is 0 Å². The predicted molar refractivity (Wildman–Crippen MR) is 126 cm³/mol. The molecule has 3 aromatic carbocycles. The molecule has 1 N–H and O–H groups in total. The zero-order valence-corrected chi connectivity index (χ0v) is 18.6. The number of sulfonamides is 1. The van der Waals surface area contributed by atoms with E-state index in [1.807, 2.05) is 31.2 Å². The van der Waals surface area contributed by atoms with Crippen LogP contribution in [0.2, 0.25) is 0 Å². The van der Waals surface area contributed by atoms with Crippen molar-refractivity contribution >= 4 is 15.7 Å². The Hall–Kier alpha value is -3.71. The van der Waals surface area contributed by atoms with Gasteiger partial charge in [0.1, 0.15) is 11.6 Å². The molecule has 0 bridgehead atoms. The molecular formula is C26H21FN2O3S. The molecule has 1 aliphatic rings. The summed E-state index contributed by atoms with van der Waals surface area (Å²) in [4.78, 5) is 4.24. The molecule has 1 atom stereocenters. The van der Waals surface area contributed by atoms with Crippen LogP contribution in [0, 0.1) is 5.82 Å². The summed E-state index contributed by atoms with van der Waals surface area (Å²) in [7, 11) is -4.00. The Kier molecular flexibility index (Phi) is 5.13. The van der Waals surface area contributed by atoms with Gasteiger partial charge in [-0.3, -0.25) is 9.29 Å². The summed E-state index contributed by atoms with van der Waals surface area (Å²) in [6.07, 6.45) is 3.89. The molecule has 0 spiro atoms. The Morgan fingerprint density at radius 2 is 1.76 bits per heavy atom. The van der Waals surface area contributed by atoms with Gasteiger partial charge in [-0.2, -0.15) is 0 Å². The Bertz CT molecular complexity index is 1440. The standard InChI is InChI=1S/C26H21FN2O3S/c1-2-25-24-15-19(27)6-11-22(24)23-14-17(18-4-3-13-28-16-18)5-12-26(23)29(25)33(31,32)21-9-7-20(30)8-10-21/h3-16,25,30H,2H2,1H3. The Morgan fingerprint density at radius 3 is 2.45 bits per heavy atom. The van der Waals surface area contributed by atoms with Crippen LogP contribution in [0.15, 0.2) is 90.1 Å². The number of halogens is 1. The zero-order valence-electron chi connectivity index (χ0n) is 17.8. The van der Waals surface area contributed by atoms with Crippen LogP contribution in [-0.2, 0) is 10.0 Å². The molecule has 166 valence electrons. The highest BCUT2D eigenvalue weighted by Crippen LogP contribution is 2.49. The van der Waals surface area contributed by atoms with Crippen LogP contribution >= 0.6 is 0 Å². The van der Waals surface area contributed by atoms with Crippen molar-refractivity contribution in [2.45, 2.75) is 24.3 Å². The van der Waals surface area contributed by atoms with E-state index in [2.05, 4.69) is 4.98 Å². The number of phenols is 1. The van der Waals surface area contributed by atoms with Gasteiger partial charge >= 0.3 is 0 Å². The molecule has 5 rings (SSSR count). The van der Waals surface area contributed by atoms with Crippen molar-refractivity contribution in [2.75, 3.05) is 4.31 Å². The number of nitrogens with zero attached hydrogens (tertiary/aromatic N) is 2. The summed E-state index contributed by atoms with van der Waals surface area (Å²) in [6.45, 7) is 1.88. The minimum absolute atomic E-state index is 0.0198. The molecule has 2 heterocycles. The molecule has 7 heteroatoms. The second-order valence-electron chi connectivity index (χ2n) is 7.92. The Labute approximate surface area is 191 Å². The van der Waals surface area contributed by atoms with Gasteiger partial charge in [-0.15, -0.1) is 0 Å². The minimum Gasteiger partial charge on any atom is -0.508 e. The summed E-state index contributed by atoms with van der Waals surface area (Å²) < 4.78 is 43.3. The van der Waals surface area contributed by atoms with Crippen LogP contribution in [0.1, 0.15) is 24.9 Å². The first-order chi connectivity index (χ1) is 15.9. The average molecular weight is 461 g/mol. The van der Waals surface area contributed by atoms with Crippen molar-refractivity contribution in [1.82, 2.24) is 4.98 Å². The number of benzene rings is 3. The second kappa shape index (κ2) is 8.01. The lowest BCUT2D eigenvalue weighted by molar-refractivity contribution is 0.474. The zero-order chi connectivity index (χ0) is 23.2. The van der Waals surface area contributed by atoms with Gasteiger partial charge in [-0.1, -0.05) is 25.1 Å². The highest BCUT2D eigenvalue weighted by molar-refractivity contribution is 7.92. The topological polar surface area (TPSA) is 70.5 Å². The van der Waals surface area contributed by atoms with Crippen molar-refractivity contribution in [2.24, 2.45) is 0 Å². The van der Waals surface area contributed by atoms with Crippen molar-refractivity contribution in [3.8, 4) is 28.0 Å². The van der Waals surface area contributed by atoms with E-state index in [-0.39, 0.29) is 10.6 Å². The van der Waals surface area contributed by atoms with E-state index < -0.39 is 21.9 Å². The van der Waals surface area contributed by atoms with E-state index in [0.29, 0.717) is 23.2 Å². The van der Waals surface area contributed by atoms with E-state index in [1.165, 1.54) is 40.7 Å². The number of fused-ring (bicyclic) bond motifs is 3. The van der Waals surface area contributed by atoms with Crippen molar-refractivity contribution in [3.63, 3.8) is 0 Å². The molecule has 0 saturated heterocycles. The average Bonchev–Trinajstić information content (AvgIpc) is 2.83. The third-order valence-corrected chi connectivity index (χ3v) is 7.79. The number of phenolic OH excluding ortho intramolecular Hbond substituents is 1. The van der Waals surface area contributed by atoms with Gasteiger partial charge in [-0.25, -0.2) is 12.8 Å². The lowest BCUT2D eigenvalue weighted by Crippen LogP contribution is -2.37. The molecule has 0 fully saturated rings. The summed E-state index contributed by atoms with van der Waals surface area (Å²) >= 11 is 0. The number of hydrogen-bond acceptors (Lipinski definition) is 4. The molecular weight excluding hydrogens is 439 g/mol. The van der Waals surface area contributed by atoms with Gasteiger partial charge in [0.05, 0.1) is 16.6 Å². The fourth-order valence-electron chi connectivity index (χ4n) is 4.42. The lowest BCUT2D eigenvalue weighted by Gasteiger charge is -2.39. The van der Waals surface area contributed by atoms with Crippen molar-refractivity contribution < 1.29 is 17.9 Å².